The first-order chi connectivity index (χ1) is 28.8. The van der Waals surface area contributed by atoms with Gasteiger partial charge in [-0.15, -0.1) is 0 Å². The molecule has 0 N–H and O–H groups in total. The molecule has 0 unspecified atom stereocenters. The summed E-state index contributed by atoms with van der Waals surface area (Å²) in [5.74, 6) is 0. The zero-order chi connectivity index (χ0) is 38.0. The third-order valence-corrected chi connectivity index (χ3v) is 13.1. The summed E-state index contributed by atoms with van der Waals surface area (Å²) in [5.41, 5.74) is 13.7. The number of benzene rings is 11. The summed E-state index contributed by atoms with van der Waals surface area (Å²) in [7, 11) is 0. The van der Waals surface area contributed by atoms with Gasteiger partial charge in [-0.25, -0.2) is 0 Å². The van der Waals surface area contributed by atoms with Crippen LogP contribution in [0.4, 0.5) is 0 Å². The lowest BCUT2D eigenvalue weighted by molar-refractivity contribution is 0.669. The average Bonchev–Trinajstić information content (AvgIpc) is 3.82. The van der Waals surface area contributed by atoms with Gasteiger partial charge in [-0.1, -0.05) is 176 Å². The molecule has 268 valence electrons. The van der Waals surface area contributed by atoms with Crippen LogP contribution < -0.4 is 0 Å². The second kappa shape index (κ2) is 11.8. The Bertz CT molecular complexity index is 3550. The summed E-state index contributed by atoms with van der Waals surface area (Å²) in [6.07, 6.45) is 0. The van der Waals surface area contributed by atoms with Gasteiger partial charge in [-0.3, -0.25) is 0 Å². The summed E-state index contributed by atoms with van der Waals surface area (Å²) in [6, 6.07) is 76.6. The molecule has 1 aromatic heterocycles. The van der Waals surface area contributed by atoms with Gasteiger partial charge in [0.15, 0.2) is 0 Å². The van der Waals surface area contributed by atoms with Crippen LogP contribution in [0.3, 0.4) is 0 Å². The highest BCUT2D eigenvalue weighted by molar-refractivity contribution is 6.25. The molecule has 11 aromatic carbocycles. The predicted molar refractivity (Wildman–Crippen MR) is 243 cm³/mol. The molecule has 1 nitrogen and oxygen atoms in total. The van der Waals surface area contributed by atoms with E-state index in [0.717, 1.165) is 27.5 Å². The maximum atomic E-state index is 6.51. The summed E-state index contributed by atoms with van der Waals surface area (Å²) in [4.78, 5) is 0. The third kappa shape index (κ3) is 4.20. The van der Waals surface area contributed by atoms with Crippen LogP contribution in [0.1, 0.15) is 22.3 Å². The van der Waals surface area contributed by atoms with Gasteiger partial charge in [0.2, 0.25) is 0 Å². The molecule has 1 heterocycles. The van der Waals surface area contributed by atoms with Gasteiger partial charge in [0.25, 0.3) is 0 Å². The Balaban J connectivity index is 1.16. The molecule has 1 aliphatic carbocycles. The molecule has 0 spiro atoms. The van der Waals surface area contributed by atoms with Crippen molar-refractivity contribution in [3.05, 3.63) is 229 Å². The van der Waals surface area contributed by atoms with E-state index in [9.17, 15) is 0 Å². The van der Waals surface area contributed by atoms with Crippen molar-refractivity contribution in [1.29, 1.82) is 0 Å². The molecule has 1 heteroatoms. The van der Waals surface area contributed by atoms with Crippen molar-refractivity contribution in [3.63, 3.8) is 0 Å². The summed E-state index contributed by atoms with van der Waals surface area (Å²) >= 11 is 0. The van der Waals surface area contributed by atoms with Crippen molar-refractivity contribution in [1.82, 2.24) is 0 Å². The molecule has 1 aliphatic rings. The number of hydrogen-bond acceptors (Lipinski definition) is 1. The van der Waals surface area contributed by atoms with E-state index < -0.39 is 5.41 Å². The third-order valence-electron chi connectivity index (χ3n) is 13.1. The molecule has 0 aliphatic heterocycles. The minimum Gasteiger partial charge on any atom is -0.456 e. The SMILES string of the molecule is c1ccc(C2(c3ccccc3)c3cc(-c4ccc5ccc6cccc7ccc4c5c67)ccc3-c3c(-c4ccc5c(c4)oc4ccccc45)cc4ccccc4c32)cc1. The summed E-state index contributed by atoms with van der Waals surface area (Å²) in [6.45, 7) is 0. The van der Waals surface area contributed by atoms with Gasteiger partial charge in [0.1, 0.15) is 11.2 Å². The molecule has 13 rings (SSSR count). The van der Waals surface area contributed by atoms with E-state index >= 15 is 0 Å². The fourth-order valence-corrected chi connectivity index (χ4v) is 10.6. The number of fused-ring (bicyclic) bond motifs is 8. The Hall–Kier alpha value is -7.48. The fraction of sp³-hybridized carbons (Fsp3) is 0.0175. The van der Waals surface area contributed by atoms with Crippen LogP contribution in [-0.4, -0.2) is 0 Å². The molecule has 0 saturated heterocycles. The van der Waals surface area contributed by atoms with Gasteiger partial charge in [-0.2, -0.15) is 0 Å². The number of furan rings is 1. The molecular formula is C57H34O. The van der Waals surface area contributed by atoms with E-state index in [2.05, 4.69) is 200 Å². The first-order valence-electron chi connectivity index (χ1n) is 20.2. The predicted octanol–water partition coefficient (Wildman–Crippen LogP) is 15.3. The lowest BCUT2D eigenvalue weighted by Crippen LogP contribution is -2.29. The Morgan fingerprint density at radius 2 is 0.897 bits per heavy atom. The molecule has 0 fully saturated rings. The molecular weight excluding hydrogens is 701 g/mol. The van der Waals surface area contributed by atoms with Crippen LogP contribution in [0.2, 0.25) is 0 Å². The molecule has 0 atom stereocenters. The van der Waals surface area contributed by atoms with Crippen LogP contribution in [0.25, 0.3) is 98.4 Å². The van der Waals surface area contributed by atoms with Crippen LogP contribution in [-0.2, 0) is 5.41 Å². The topological polar surface area (TPSA) is 13.1 Å². The number of para-hydroxylation sites is 1. The van der Waals surface area contributed by atoms with E-state index in [1.54, 1.807) is 0 Å². The monoisotopic (exact) mass is 734 g/mol. The highest BCUT2D eigenvalue weighted by Gasteiger charge is 2.48. The fourth-order valence-electron chi connectivity index (χ4n) is 10.6. The number of hydrogen-bond donors (Lipinski definition) is 0. The molecule has 58 heavy (non-hydrogen) atoms. The van der Waals surface area contributed by atoms with E-state index in [-0.39, 0.29) is 0 Å². The van der Waals surface area contributed by atoms with Crippen molar-refractivity contribution in [2.24, 2.45) is 0 Å². The van der Waals surface area contributed by atoms with Gasteiger partial charge in [0.05, 0.1) is 5.41 Å². The van der Waals surface area contributed by atoms with E-state index in [0.29, 0.717) is 0 Å². The summed E-state index contributed by atoms with van der Waals surface area (Å²) in [5, 5.41) is 12.6. The van der Waals surface area contributed by atoms with Crippen LogP contribution in [0.5, 0.6) is 0 Å². The minimum absolute atomic E-state index is 0.605. The largest absolute Gasteiger partial charge is 0.456 e. The normalized spacial score (nSPS) is 13.3. The zero-order valence-corrected chi connectivity index (χ0v) is 31.5. The maximum absolute atomic E-state index is 6.51. The Kier molecular flexibility index (Phi) is 6.43. The van der Waals surface area contributed by atoms with Crippen molar-refractivity contribution in [3.8, 4) is 33.4 Å². The van der Waals surface area contributed by atoms with Gasteiger partial charge >= 0.3 is 0 Å². The molecule has 0 bridgehead atoms. The summed E-state index contributed by atoms with van der Waals surface area (Å²) < 4.78 is 6.51. The molecule has 0 radical (unpaired) electrons. The molecule has 0 saturated carbocycles. The zero-order valence-electron chi connectivity index (χ0n) is 31.5. The standard InChI is InChI=1S/C57H34O/c1-3-15-41(16-4-1)57(42-17-5-2-6-18-42)50-33-39(43-28-24-37-23-22-35-13-11-14-36-25-30-47(43)54(37)53(35)36)27-31-48(50)55-49(32-38-12-7-8-19-44(38)56(55)57)40-26-29-46-45-20-9-10-21-51(45)58-52(46)34-40/h1-34H. The molecule has 12 aromatic rings. The first kappa shape index (κ1) is 31.7. The lowest BCUT2D eigenvalue weighted by atomic mass is 9.66. The Labute approximate surface area is 335 Å². The smallest absolute Gasteiger partial charge is 0.136 e. The lowest BCUT2D eigenvalue weighted by Gasteiger charge is -2.35. The second-order valence-corrected chi connectivity index (χ2v) is 15.9. The van der Waals surface area contributed by atoms with Gasteiger partial charge < -0.3 is 4.42 Å². The van der Waals surface area contributed by atoms with Crippen LogP contribution in [0, 0.1) is 0 Å². The first-order valence-corrected chi connectivity index (χ1v) is 20.2. The Morgan fingerprint density at radius 1 is 0.328 bits per heavy atom. The van der Waals surface area contributed by atoms with Crippen LogP contribution in [0.15, 0.2) is 211 Å². The van der Waals surface area contributed by atoms with Gasteiger partial charge in [0, 0.05) is 10.8 Å². The highest BCUT2D eigenvalue weighted by atomic mass is 16.3. The van der Waals surface area contributed by atoms with Crippen molar-refractivity contribution >= 4 is 65.0 Å². The van der Waals surface area contributed by atoms with Gasteiger partial charge in [-0.05, 0) is 129 Å². The van der Waals surface area contributed by atoms with E-state index in [1.807, 2.05) is 6.07 Å². The van der Waals surface area contributed by atoms with Crippen molar-refractivity contribution < 1.29 is 4.42 Å². The maximum Gasteiger partial charge on any atom is 0.136 e. The molecule has 0 amide bonds. The van der Waals surface area contributed by atoms with Crippen molar-refractivity contribution in [2.75, 3.05) is 0 Å². The number of rotatable bonds is 4. The van der Waals surface area contributed by atoms with E-state index in [4.69, 9.17) is 4.42 Å². The highest BCUT2D eigenvalue weighted by Crippen LogP contribution is 2.61. The van der Waals surface area contributed by atoms with Crippen molar-refractivity contribution in [2.45, 2.75) is 5.41 Å². The van der Waals surface area contributed by atoms with E-state index in [1.165, 1.54) is 93.2 Å². The van der Waals surface area contributed by atoms with Crippen LogP contribution >= 0.6 is 0 Å². The minimum atomic E-state index is -0.605. The average molecular weight is 735 g/mol. The quantitative estimate of drug-likeness (QED) is 0.164. The second-order valence-electron chi connectivity index (χ2n) is 15.9. The Morgan fingerprint density at radius 3 is 1.69 bits per heavy atom.